The summed E-state index contributed by atoms with van der Waals surface area (Å²) in [5.74, 6) is 0. The molecule has 0 aromatic carbocycles. The minimum atomic E-state index is -0.0657. The Morgan fingerprint density at radius 3 is 2.57 bits per heavy atom. The van der Waals surface area contributed by atoms with Gasteiger partial charge < -0.3 is 5.11 Å². The van der Waals surface area contributed by atoms with Crippen LogP contribution in [-0.4, -0.2) is 20.1 Å². The molecule has 1 aromatic heterocycles. The molecule has 1 aromatic rings. The summed E-state index contributed by atoms with van der Waals surface area (Å²) < 4.78 is 1.78. The molecular formula is C10H17N3O. The highest BCUT2D eigenvalue weighted by Gasteiger charge is 2.24. The number of hydrogen-bond donors (Lipinski definition) is 1. The molecule has 1 heterocycles. The van der Waals surface area contributed by atoms with Gasteiger partial charge in [-0.25, -0.2) is 4.68 Å². The van der Waals surface area contributed by atoms with Crippen molar-refractivity contribution in [3.05, 3.63) is 24.0 Å². The van der Waals surface area contributed by atoms with Gasteiger partial charge in [0.25, 0.3) is 0 Å². The van der Waals surface area contributed by atoms with Gasteiger partial charge in [0.1, 0.15) is 5.69 Å². The van der Waals surface area contributed by atoms with Crippen LogP contribution in [0.1, 0.15) is 32.2 Å². The Balaban J connectivity index is 3.19. The van der Waals surface area contributed by atoms with Crippen LogP contribution >= 0.6 is 0 Å². The minimum absolute atomic E-state index is 0.0649. The molecule has 0 spiro atoms. The van der Waals surface area contributed by atoms with Crippen LogP contribution in [0.25, 0.3) is 0 Å². The summed E-state index contributed by atoms with van der Waals surface area (Å²) in [7, 11) is 0. The topological polar surface area (TPSA) is 50.9 Å². The highest BCUT2D eigenvalue weighted by molar-refractivity contribution is 5.18. The fraction of sp³-hybridized carbons (Fsp3) is 0.600. The van der Waals surface area contributed by atoms with E-state index in [9.17, 15) is 0 Å². The lowest BCUT2D eigenvalue weighted by atomic mass is 9.90. The van der Waals surface area contributed by atoms with Gasteiger partial charge in [0.2, 0.25) is 0 Å². The summed E-state index contributed by atoms with van der Waals surface area (Å²) in [6.07, 6.45) is 1.77. The predicted molar refractivity (Wildman–Crippen MR) is 54.8 cm³/mol. The maximum Gasteiger partial charge on any atom is 0.112 e. The van der Waals surface area contributed by atoms with Gasteiger partial charge in [0.05, 0.1) is 18.8 Å². The van der Waals surface area contributed by atoms with Crippen molar-refractivity contribution < 1.29 is 5.11 Å². The lowest BCUT2D eigenvalue weighted by Crippen LogP contribution is -2.20. The average molecular weight is 195 g/mol. The first-order chi connectivity index (χ1) is 6.50. The molecule has 0 aliphatic heterocycles. The molecule has 0 aliphatic carbocycles. The third-order valence-electron chi connectivity index (χ3n) is 1.97. The van der Waals surface area contributed by atoms with Gasteiger partial charge in [-0.2, -0.15) is 0 Å². The van der Waals surface area contributed by atoms with E-state index in [-0.39, 0.29) is 12.0 Å². The number of allylic oxidation sites excluding steroid dienone is 1. The van der Waals surface area contributed by atoms with E-state index in [2.05, 4.69) is 37.7 Å². The molecule has 4 heteroatoms. The molecule has 0 fully saturated rings. The van der Waals surface area contributed by atoms with Gasteiger partial charge in [-0.15, -0.1) is 11.7 Å². The molecule has 1 N–H and O–H groups in total. The van der Waals surface area contributed by atoms with Crippen molar-refractivity contribution in [1.29, 1.82) is 0 Å². The van der Waals surface area contributed by atoms with Crippen LogP contribution in [0, 0.1) is 0 Å². The Kier molecular flexibility index (Phi) is 3.06. The van der Waals surface area contributed by atoms with E-state index < -0.39 is 0 Å². The second-order valence-electron chi connectivity index (χ2n) is 4.26. The van der Waals surface area contributed by atoms with Crippen LogP contribution in [0.5, 0.6) is 0 Å². The van der Waals surface area contributed by atoms with Crippen LogP contribution in [0.15, 0.2) is 12.7 Å². The molecule has 0 aliphatic rings. The SMILES string of the molecule is C=CCn1nnc(CO)c1C(C)(C)C. The number of rotatable bonds is 3. The van der Waals surface area contributed by atoms with Gasteiger partial charge >= 0.3 is 0 Å². The number of nitrogens with zero attached hydrogens (tertiary/aromatic N) is 3. The van der Waals surface area contributed by atoms with E-state index in [0.717, 1.165) is 5.69 Å². The largest absolute Gasteiger partial charge is 0.390 e. The average Bonchev–Trinajstić information content (AvgIpc) is 2.47. The zero-order valence-corrected chi connectivity index (χ0v) is 8.99. The molecule has 0 unspecified atom stereocenters. The number of aliphatic hydroxyl groups is 1. The lowest BCUT2D eigenvalue weighted by Gasteiger charge is -2.20. The van der Waals surface area contributed by atoms with E-state index in [0.29, 0.717) is 12.2 Å². The first kappa shape index (κ1) is 10.9. The van der Waals surface area contributed by atoms with E-state index in [1.54, 1.807) is 10.8 Å². The Morgan fingerprint density at radius 1 is 1.50 bits per heavy atom. The summed E-state index contributed by atoms with van der Waals surface area (Å²) in [4.78, 5) is 0. The van der Waals surface area contributed by atoms with Crippen molar-refractivity contribution in [2.75, 3.05) is 0 Å². The minimum Gasteiger partial charge on any atom is -0.390 e. The highest BCUT2D eigenvalue weighted by Crippen LogP contribution is 2.24. The molecule has 78 valence electrons. The zero-order chi connectivity index (χ0) is 10.8. The molecule has 0 bridgehead atoms. The molecule has 1 rings (SSSR count). The van der Waals surface area contributed by atoms with Gasteiger partial charge in [-0.1, -0.05) is 32.1 Å². The second-order valence-corrected chi connectivity index (χ2v) is 4.26. The van der Waals surface area contributed by atoms with Crippen LogP contribution in [0.4, 0.5) is 0 Å². The van der Waals surface area contributed by atoms with Crippen molar-refractivity contribution in [2.24, 2.45) is 0 Å². The number of hydrogen-bond acceptors (Lipinski definition) is 3. The van der Waals surface area contributed by atoms with Crippen molar-refractivity contribution in [3.63, 3.8) is 0 Å². The molecule has 4 nitrogen and oxygen atoms in total. The zero-order valence-electron chi connectivity index (χ0n) is 8.99. The first-order valence-corrected chi connectivity index (χ1v) is 4.65. The normalized spacial score (nSPS) is 11.7. The Morgan fingerprint density at radius 2 is 2.14 bits per heavy atom. The van der Waals surface area contributed by atoms with Crippen molar-refractivity contribution >= 4 is 0 Å². The van der Waals surface area contributed by atoms with Crippen LogP contribution in [0.2, 0.25) is 0 Å². The second kappa shape index (κ2) is 3.92. The van der Waals surface area contributed by atoms with E-state index in [1.807, 2.05) is 0 Å². The number of aliphatic hydroxyl groups excluding tert-OH is 1. The quantitative estimate of drug-likeness (QED) is 0.738. The maximum atomic E-state index is 9.12. The maximum absolute atomic E-state index is 9.12. The highest BCUT2D eigenvalue weighted by atomic mass is 16.3. The molecule has 0 radical (unpaired) electrons. The summed E-state index contributed by atoms with van der Waals surface area (Å²) in [5, 5.41) is 17.0. The third kappa shape index (κ3) is 2.01. The fourth-order valence-corrected chi connectivity index (χ4v) is 1.53. The first-order valence-electron chi connectivity index (χ1n) is 4.65. The van der Waals surface area contributed by atoms with Crippen molar-refractivity contribution in [1.82, 2.24) is 15.0 Å². The molecule has 0 saturated heterocycles. The van der Waals surface area contributed by atoms with E-state index in [1.165, 1.54) is 0 Å². The van der Waals surface area contributed by atoms with Gasteiger partial charge in [0.15, 0.2) is 0 Å². The summed E-state index contributed by atoms with van der Waals surface area (Å²) in [5.41, 5.74) is 1.56. The summed E-state index contributed by atoms with van der Waals surface area (Å²) in [6, 6.07) is 0. The Bertz CT molecular complexity index is 323. The lowest BCUT2D eigenvalue weighted by molar-refractivity contribution is 0.273. The van der Waals surface area contributed by atoms with Crippen molar-refractivity contribution in [2.45, 2.75) is 39.3 Å². The standard InChI is InChI=1S/C10H17N3O/c1-5-6-13-9(10(2,3)4)8(7-14)11-12-13/h5,14H,1,6-7H2,2-4H3. The van der Waals surface area contributed by atoms with Crippen LogP contribution in [0.3, 0.4) is 0 Å². The molecule has 0 saturated carbocycles. The molecular weight excluding hydrogens is 178 g/mol. The smallest absolute Gasteiger partial charge is 0.112 e. The molecule has 14 heavy (non-hydrogen) atoms. The Labute approximate surface area is 84.3 Å². The van der Waals surface area contributed by atoms with E-state index in [4.69, 9.17) is 5.11 Å². The third-order valence-corrected chi connectivity index (χ3v) is 1.97. The summed E-state index contributed by atoms with van der Waals surface area (Å²) in [6.45, 7) is 10.4. The van der Waals surface area contributed by atoms with Gasteiger partial charge in [-0.3, -0.25) is 0 Å². The number of aromatic nitrogens is 3. The van der Waals surface area contributed by atoms with Crippen LogP contribution < -0.4 is 0 Å². The van der Waals surface area contributed by atoms with Gasteiger partial charge in [-0.05, 0) is 0 Å². The fourth-order valence-electron chi connectivity index (χ4n) is 1.53. The Hall–Kier alpha value is -1.16. The van der Waals surface area contributed by atoms with Crippen molar-refractivity contribution in [3.8, 4) is 0 Å². The predicted octanol–water partition coefficient (Wildman–Crippen LogP) is 1.25. The monoisotopic (exact) mass is 195 g/mol. The van der Waals surface area contributed by atoms with E-state index >= 15 is 0 Å². The molecule has 0 amide bonds. The summed E-state index contributed by atoms with van der Waals surface area (Å²) >= 11 is 0. The van der Waals surface area contributed by atoms with Crippen LogP contribution in [-0.2, 0) is 18.6 Å². The van der Waals surface area contributed by atoms with Gasteiger partial charge in [0, 0.05) is 5.41 Å². The molecule has 0 atom stereocenters.